The molecule has 0 spiro atoms. The summed E-state index contributed by atoms with van der Waals surface area (Å²) in [7, 11) is 3.87. The van der Waals surface area contributed by atoms with Crippen molar-refractivity contribution in [3.63, 3.8) is 0 Å². The molecule has 0 aromatic heterocycles. The van der Waals surface area contributed by atoms with Crippen LogP contribution < -0.4 is 10.2 Å². The summed E-state index contributed by atoms with van der Waals surface area (Å²) in [6.45, 7) is 1.16. The molecule has 1 heterocycles. The lowest BCUT2D eigenvalue weighted by atomic mass is 9.95. The monoisotopic (exact) mass is 433 g/mol. The number of hydrogen-bond donors (Lipinski definition) is 1. The fraction of sp³-hybridized carbons (Fsp3) is 0.391. The van der Waals surface area contributed by atoms with E-state index < -0.39 is 11.7 Å². The van der Waals surface area contributed by atoms with Crippen LogP contribution in [0.5, 0.6) is 0 Å². The Morgan fingerprint density at radius 3 is 2.10 bits per heavy atom. The van der Waals surface area contributed by atoms with Gasteiger partial charge in [-0.25, -0.2) is 0 Å². The fourth-order valence-electron chi connectivity index (χ4n) is 3.57. The topological polar surface area (TPSA) is 52.7 Å². The zero-order valence-electron chi connectivity index (χ0n) is 17.6. The molecule has 2 amide bonds. The molecule has 0 radical (unpaired) electrons. The number of carbonyl (C=O) groups excluding carboxylic acids is 2. The minimum absolute atomic E-state index is 0.0473. The quantitative estimate of drug-likeness (QED) is 0.777. The van der Waals surface area contributed by atoms with Gasteiger partial charge in [0.05, 0.1) is 5.56 Å². The van der Waals surface area contributed by atoms with Crippen molar-refractivity contribution < 1.29 is 22.8 Å². The number of rotatable bonds is 5. The van der Waals surface area contributed by atoms with Crippen LogP contribution in [0.15, 0.2) is 48.5 Å². The predicted molar refractivity (Wildman–Crippen MR) is 113 cm³/mol. The van der Waals surface area contributed by atoms with Crippen molar-refractivity contribution in [2.45, 2.75) is 25.6 Å². The van der Waals surface area contributed by atoms with Crippen molar-refractivity contribution in [1.29, 1.82) is 0 Å². The second-order valence-electron chi connectivity index (χ2n) is 7.92. The van der Waals surface area contributed by atoms with Gasteiger partial charge >= 0.3 is 6.18 Å². The maximum Gasteiger partial charge on any atom is 0.416 e. The molecule has 166 valence electrons. The number of anilines is 1. The van der Waals surface area contributed by atoms with E-state index in [0.717, 1.165) is 17.8 Å². The van der Waals surface area contributed by atoms with E-state index >= 15 is 0 Å². The van der Waals surface area contributed by atoms with Crippen LogP contribution in [-0.2, 0) is 17.5 Å². The molecule has 2 aromatic carbocycles. The Kier molecular flexibility index (Phi) is 6.87. The normalized spacial score (nSPS) is 14.9. The maximum atomic E-state index is 12.7. The number of piperidine rings is 1. The Labute approximate surface area is 179 Å². The number of nitrogens with zero attached hydrogens (tertiary/aromatic N) is 2. The van der Waals surface area contributed by atoms with E-state index in [-0.39, 0.29) is 24.3 Å². The van der Waals surface area contributed by atoms with Gasteiger partial charge in [-0.3, -0.25) is 9.59 Å². The fourth-order valence-corrected chi connectivity index (χ4v) is 3.57. The Morgan fingerprint density at radius 2 is 1.58 bits per heavy atom. The molecule has 1 saturated heterocycles. The zero-order chi connectivity index (χ0) is 22.6. The molecule has 3 rings (SSSR count). The molecule has 31 heavy (non-hydrogen) atoms. The Morgan fingerprint density at radius 1 is 1.00 bits per heavy atom. The van der Waals surface area contributed by atoms with E-state index in [9.17, 15) is 22.8 Å². The highest BCUT2D eigenvalue weighted by Crippen LogP contribution is 2.29. The Balaban J connectivity index is 1.47. The summed E-state index contributed by atoms with van der Waals surface area (Å²) in [6, 6.07) is 12.2. The molecule has 5 nitrogen and oxygen atoms in total. The number of carbonyl (C=O) groups is 2. The largest absolute Gasteiger partial charge is 0.416 e. The van der Waals surface area contributed by atoms with Crippen molar-refractivity contribution in [2.75, 3.05) is 32.1 Å². The SMILES string of the molecule is CN(C)c1ccc(C(=O)N2CCC(C(=O)NCc3ccc(C(F)(F)F)cc3)CC2)cc1. The molecule has 2 aromatic rings. The highest BCUT2D eigenvalue weighted by atomic mass is 19.4. The van der Waals surface area contributed by atoms with Crippen molar-refractivity contribution in [3.05, 3.63) is 65.2 Å². The van der Waals surface area contributed by atoms with Crippen LogP contribution in [-0.4, -0.2) is 43.9 Å². The molecular formula is C23H26F3N3O2. The third-order valence-corrected chi connectivity index (χ3v) is 5.53. The van der Waals surface area contributed by atoms with Gasteiger partial charge in [0.15, 0.2) is 0 Å². The van der Waals surface area contributed by atoms with Gasteiger partial charge in [0.2, 0.25) is 5.91 Å². The second kappa shape index (κ2) is 9.41. The minimum Gasteiger partial charge on any atom is -0.378 e. The van der Waals surface area contributed by atoms with Crippen molar-refractivity contribution in [3.8, 4) is 0 Å². The third-order valence-electron chi connectivity index (χ3n) is 5.53. The number of likely N-dealkylation sites (tertiary alicyclic amines) is 1. The van der Waals surface area contributed by atoms with Gasteiger partial charge in [0.1, 0.15) is 0 Å². The van der Waals surface area contributed by atoms with Gasteiger partial charge in [0.25, 0.3) is 5.91 Å². The molecule has 1 fully saturated rings. The molecule has 1 aliphatic rings. The zero-order valence-corrected chi connectivity index (χ0v) is 17.6. The molecular weight excluding hydrogens is 407 g/mol. The lowest BCUT2D eigenvalue weighted by molar-refractivity contribution is -0.137. The minimum atomic E-state index is -4.37. The molecule has 0 aliphatic carbocycles. The summed E-state index contributed by atoms with van der Waals surface area (Å²) in [5.41, 5.74) is 1.53. The van der Waals surface area contributed by atoms with Gasteiger partial charge in [-0.05, 0) is 54.8 Å². The summed E-state index contributed by atoms with van der Waals surface area (Å²) in [4.78, 5) is 28.9. The number of amides is 2. The van der Waals surface area contributed by atoms with Gasteiger partial charge in [0, 0.05) is 50.9 Å². The van der Waals surface area contributed by atoms with Crippen molar-refractivity contribution in [1.82, 2.24) is 10.2 Å². The first-order valence-corrected chi connectivity index (χ1v) is 10.2. The molecule has 0 unspecified atom stereocenters. The number of hydrogen-bond acceptors (Lipinski definition) is 3. The number of nitrogens with one attached hydrogen (secondary N) is 1. The van der Waals surface area contributed by atoms with E-state index in [2.05, 4.69) is 5.32 Å². The molecule has 0 bridgehead atoms. The van der Waals surface area contributed by atoms with Crippen molar-refractivity contribution in [2.24, 2.45) is 5.92 Å². The number of halogens is 3. The number of benzene rings is 2. The van der Waals surface area contributed by atoms with E-state index in [1.54, 1.807) is 17.0 Å². The summed E-state index contributed by atoms with van der Waals surface area (Å²) < 4.78 is 37.9. The van der Waals surface area contributed by atoms with Crippen LogP contribution in [0, 0.1) is 5.92 Å². The first-order valence-electron chi connectivity index (χ1n) is 10.2. The first-order chi connectivity index (χ1) is 14.6. The first kappa shape index (κ1) is 22.7. The standard InChI is InChI=1S/C23H26F3N3O2/c1-28(2)20-9-5-18(6-10-20)22(31)29-13-11-17(12-14-29)21(30)27-15-16-3-7-19(8-4-16)23(24,25)26/h3-10,17H,11-15H2,1-2H3,(H,27,30). The smallest absolute Gasteiger partial charge is 0.378 e. The average molecular weight is 433 g/mol. The van der Waals surface area contributed by atoms with E-state index in [1.807, 2.05) is 31.1 Å². The molecule has 1 N–H and O–H groups in total. The Bertz CT molecular complexity index is 901. The van der Waals surface area contributed by atoms with Gasteiger partial charge in [-0.1, -0.05) is 12.1 Å². The van der Waals surface area contributed by atoms with Gasteiger partial charge in [-0.2, -0.15) is 13.2 Å². The van der Waals surface area contributed by atoms with Crippen LogP contribution >= 0.6 is 0 Å². The summed E-state index contributed by atoms with van der Waals surface area (Å²) >= 11 is 0. The van der Waals surface area contributed by atoms with Gasteiger partial charge < -0.3 is 15.1 Å². The van der Waals surface area contributed by atoms with Crippen LogP contribution in [0.1, 0.15) is 34.3 Å². The molecule has 8 heteroatoms. The van der Waals surface area contributed by atoms with Crippen LogP contribution in [0.4, 0.5) is 18.9 Å². The van der Waals surface area contributed by atoms with E-state index in [1.165, 1.54) is 12.1 Å². The lowest BCUT2D eigenvalue weighted by Crippen LogP contribution is -2.42. The summed E-state index contributed by atoms with van der Waals surface area (Å²) in [5.74, 6) is -0.397. The van der Waals surface area contributed by atoms with Crippen LogP contribution in [0.2, 0.25) is 0 Å². The third kappa shape index (κ3) is 5.77. The number of alkyl halides is 3. The van der Waals surface area contributed by atoms with Crippen LogP contribution in [0.25, 0.3) is 0 Å². The molecule has 1 aliphatic heterocycles. The Hall–Kier alpha value is -3.03. The summed E-state index contributed by atoms with van der Waals surface area (Å²) in [6.07, 6.45) is -3.26. The lowest BCUT2D eigenvalue weighted by Gasteiger charge is -2.31. The van der Waals surface area contributed by atoms with Crippen molar-refractivity contribution >= 4 is 17.5 Å². The van der Waals surface area contributed by atoms with E-state index in [4.69, 9.17) is 0 Å². The highest BCUT2D eigenvalue weighted by molar-refractivity contribution is 5.94. The maximum absolute atomic E-state index is 12.7. The van der Waals surface area contributed by atoms with Gasteiger partial charge in [-0.15, -0.1) is 0 Å². The molecule has 0 atom stereocenters. The second-order valence-corrected chi connectivity index (χ2v) is 7.92. The molecule has 0 saturated carbocycles. The highest BCUT2D eigenvalue weighted by Gasteiger charge is 2.30. The van der Waals surface area contributed by atoms with Crippen LogP contribution in [0.3, 0.4) is 0 Å². The van der Waals surface area contributed by atoms with E-state index in [0.29, 0.717) is 37.1 Å². The average Bonchev–Trinajstić information content (AvgIpc) is 2.77. The summed E-state index contributed by atoms with van der Waals surface area (Å²) in [5, 5.41) is 2.79. The predicted octanol–water partition coefficient (Wildman–Crippen LogP) is 3.94.